The topological polar surface area (TPSA) is 60.9 Å². The van der Waals surface area contributed by atoms with Gasteiger partial charge in [0.2, 0.25) is 0 Å². The smallest absolute Gasteiger partial charge is 0.282 e. The highest BCUT2D eigenvalue weighted by Gasteiger charge is 2.43. The van der Waals surface area contributed by atoms with Gasteiger partial charge in [-0.3, -0.25) is 0 Å². The molecule has 1 unspecified atom stereocenters. The molecule has 0 radical (unpaired) electrons. The molecule has 5 nitrogen and oxygen atoms in total. The minimum Gasteiger partial charge on any atom is -0.389 e. The lowest BCUT2D eigenvalue weighted by molar-refractivity contribution is 0.0199. The molecule has 1 rings (SSSR count). The van der Waals surface area contributed by atoms with E-state index in [0.29, 0.717) is 13.0 Å². The van der Waals surface area contributed by atoms with E-state index in [4.69, 9.17) is 0 Å². The lowest BCUT2D eigenvalue weighted by Gasteiger charge is -2.36. The highest BCUT2D eigenvalue weighted by atomic mass is 32.2. The van der Waals surface area contributed by atoms with Crippen LogP contribution in [0.3, 0.4) is 0 Å². The van der Waals surface area contributed by atoms with E-state index in [1.165, 1.54) is 8.61 Å². The van der Waals surface area contributed by atoms with Crippen LogP contribution >= 0.6 is 0 Å². The average Bonchev–Trinajstić information content (AvgIpc) is 2.64. The Morgan fingerprint density at radius 3 is 2.35 bits per heavy atom. The summed E-state index contributed by atoms with van der Waals surface area (Å²) in [7, 11) is -1.88. The summed E-state index contributed by atoms with van der Waals surface area (Å²) in [5.74, 6) is 0. The van der Waals surface area contributed by atoms with E-state index in [9.17, 15) is 13.5 Å². The van der Waals surface area contributed by atoms with E-state index in [0.717, 1.165) is 6.42 Å². The molecule has 1 heterocycles. The monoisotopic (exact) mass is 264 g/mol. The van der Waals surface area contributed by atoms with Crippen molar-refractivity contribution >= 4 is 10.2 Å². The molecule has 1 saturated heterocycles. The maximum absolute atomic E-state index is 12.4. The number of rotatable bonds is 4. The molecule has 0 bridgehead atoms. The summed E-state index contributed by atoms with van der Waals surface area (Å²) >= 11 is 0. The summed E-state index contributed by atoms with van der Waals surface area (Å²) in [4.78, 5) is 0. The van der Waals surface area contributed by atoms with Crippen LogP contribution in [-0.2, 0) is 10.2 Å². The van der Waals surface area contributed by atoms with Crippen molar-refractivity contribution in [3.63, 3.8) is 0 Å². The van der Waals surface area contributed by atoms with Gasteiger partial charge in [-0.05, 0) is 40.5 Å². The molecule has 6 heteroatoms. The molecule has 0 spiro atoms. The predicted molar refractivity (Wildman–Crippen MR) is 67.8 cm³/mol. The summed E-state index contributed by atoms with van der Waals surface area (Å²) in [5.41, 5.74) is -0.999. The zero-order valence-electron chi connectivity index (χ0n) is 11.3. The Morgan fingerprint density at radius 1 is 1.41 bits per heavy atom. The number of nitrogens with zero attached hydrogens (tertiary/aromatic N) is 2. The second kappa shape index (κ2) is 4.84. The van der Waals surface area contributed by atoms with Crippen LogP contribution in [0.2, 0.25) is 0 Å². The quantitative estimate of drug-likeness (QED) is 0.817. The van der Waals surface area contributed by atoms with Gasteiger partial charge < -0.3 is 5.11 Å². The Morgan fingerprint density at radius 2 is 1.94 bits per heavy atom. The Balaban J connectivity index is 2.99. The summed E-state index contributed by atoms with van der Waals surface area (Å²) < 4.78 is 27.5. The minimum absolute atomic E-state index is 0.0805. The molecule has 0 aromatic heterocycles. The van der Waals surface area contributed by atoms with Crippen molar-refractivity contribution in [2.75, 3.05) is 13.6 Å². The van der Waals surface area contributed by atoms with E-state index >= 15 is 0 Å². The molecule has 1 fully saturated rings. The van der Waals surface area contributed by atoms with Crippen molar-refractivity contribution < 1.29 is 13.5 Å². The Labute approximate surface area is 105 Å². The van der Waals surface area contributed by atoms with Crippen LogP contribution in [0.1, 0.15) is 40.5 Å². The van der Waals surface area contributed by atoms with Gasteiger partial charge in [-0.25, -0.2) is 0 Å². The maximum Gasteiger partial charge on any atom is 0.282 e. The molecule has 17 heavy (non-hydrogen) atoms. The summed E-state index contributed by atoms with van der Waals surface area (Å²) in [6, 6.07) is -0.406. The Hall–Kier alpha value is -0.170. The van der Waals surface area contributed by atoms with Crippen LogP contribution in [0.5, 0.6) is 0 Å². The summed E-state index contributed by atoms with van der Waals surface area (Å²) in [5, 5.41) is 10.0. The van der Waals surface area contributed by atoms with Gasteiger partial charge in [0.25, 0.3) is 10.2 Å². The number of aliphatic hydroxyl groups is 1. The van der Waals surface area contributed by atoms with Gasteiger partial charge in [-0.1, -0.05) is 0 Å². The summed E-state index contributed by atoms with van der Waals surface area (Å²) in [6.07, 6.45) is 1.52. The first-order valence-electron chi connectivity index (χ1n) is 6.05. The maximum atomic E-state index is 12.4. The van der Waals surface area contributed by atoms with Gasteiger partial charge in [-0.15, -0.1) is 0 Å². The SMILES string of the molecule is CC(C)N(C)S(=O)(=O)N1CCCC1C(C)(C)O. The molecule has 1 atom stereocenters. The van der Waals surface area contributed by atoms with Crippen molar-refractivity contribution in [1.82, 2.24) is 8.61 Å². The van der Waals surface area contributed by atoms with Crippen molar-refractivity contribution in [3.8, 4) is 0 Å². The van der Waals surface area contributed by atoms with E-state index in [1.54, 1.807) is 20.9 Å². The number of hydrogen-bond acceptors (Lipinski definition) is 3. The zero-order valence-corrected chi connectivity index (χ0v) is 12.2. The first kappa shape index (κ1) is 14.9. The van der Waals surface area contributed by atoms with Crippen LogP contribution in [0.15, 0.2) is 0 Å². The van der Waals surface area contributed by atoms with E-state index < -0.39 is 15.8 Å². The summed E-state index contributed by atoms with van der Waals surface area (Å²) in [6.45, 7) is 7.51. The van der Waals surface area contributed by atoms with Crippen molar-refractivity contribution in [3.05, 3.63) is 0 Å². The normalized spacial score (nSPS) is 23.9. The first-order chi connectivity index (χ1) is 7.58. The van der Waals surface area contributed by atoms with Gasteiger partial charge in [-0.2, -0.15) is 17.0 Å². The van der Waals surface area contributed by atoms with Crippen molar-refractivity contribution in [1.29, 1.82) is 0 Å². The Kier molecular flexibility index (Phi) is 4.24. The molecular weight excluding hydrogens is 240 g/mol. The van der Waals surface area contributed by atoms with Gasteiger partial charge in [0, 0.05) is 19.6 Å². The third-order valence-corrected chi connectivity index (χ3v) is 5.59. The van der Waals surface area contributed by atoms with E-state index in [2.05, 4.69) is 0 Å². The van der Waals surface area contributed by atoms with Crippen molar-refractivity contribution in [2.24, 2.45) is 0 Å². The third-order valence-electron chi connectivity index (χ3n) is 3.41. The fourth-order valence-corrected chi connectivity index (χ4v) is 4.06. The molecule has 0 aromatic carbocycles. The van der Waals surface area contributed by atoms with Crippen LogP contribution in [0.25, 0.3) is 0 Å². The molecule has 0 aliphatic carbocycles. The standard InChI is InChI=1S/C11H24N2O3S/c1-9(2)12(5)17(15,16)13-8-6-7-10(13)11(3,4)14/h9-10,14H,6-8H2,1-5H3. The van der Waals surface area contributed by atoms with Gasteiger partial charge in [0.1, 0.15) is 0 Å². The lowest BCUT2D eigenvalue weighted by Crippen LogP contribution is -2.53. The molecule has 102 valence electrons. The van der Waals surface area contributed by atoms with Gasteiger partial charge in [0.05, 0.1) is 11.6 Å². The van der Waals surface area contributed by atoms with Crippen molar-refractivity contribution in [2.45, 2.75) is 58.2 Å². The predicted octanol–water partition coefficient (Wildman–Crippen LogP) is 0.807. The highest BCUT2D eigenvalue weighted by molar-refractivity contribution is 7.86. The largest absolute Gasteiger partial charge is 0.389 e. The molecular formula is C11H24N2O3S. The second-order valence-electron chi connectivity index (χ2n) is 5.54. The lowest BCUT2D eigenvalue weighted by atomic mass is 9.98. The van der Waals surface area contributed by atoms with Gasteiger partial charge >= 0.3 is 0 Å². The zero-order chi connectivity index (χ0) is 13.4. The van der Waals surface area contributed by atoms with E-state index in [1.807, 2.05) is 13.8 Å². The fourth-order valence-electron chi connectivity index (χ4n) is 2.15. The second-order valence-corrected chi connectivity index (χ2v) is 7.48. The Bertz CT molecular complexity index is 359. The molecule has 1 N–H and O–H groups in total. The molecule has 0 aromatic rings. The third kappa shape index (κ3) is 2.99. The molecule has 0 amide bonds. The molecule has 0 saturated carbocycles. The number of hydrogen-bond donors (Lipinski definition) is 1. The van der Waals surface area contributed by atoms with Gasteiger partial charge in [0.15, 0.2) is 0 Å². The van der Waals surface area contributed by atoms with Crippen LogP contribution in [-0.4, -0.2) is 53.4 Å². The fraction of sp³-hybridized carbons (Fsp3) is 1.00. The van der Waals surface area contributed by atoms with Crippen LogP contribution < -0.4 is 0 Å². The minimum atomic E-state index is -3.46. The first-order valence-corrected chi connectivity index (χ1v) is 7.45. The average molecular weight is 264 g/mol. The van der Waals surface area contributed by atoms with E-state index in [-0.39, 0.29) is 12.1 Å². The van der Waals surface area contributed by atoms with Crippen LogP contribution in [0, 0.1) is 0 Å². The molecule has 1 aliphatic heterocycles. The molecule has 1 aliphatic rings. The van der Waals surface area contributed by atoms with Crippen LogP contribution in [0.4, 0.5) is 0 Å². The highest BCUT2D eigenvalue weighted by Crippen LogP contribution is 2.30.